The number of aromatic amines is 1. The van der Waals surface area contributed by atoms with Crippen molar-refractivity contribution in [1.29, 1.82) is 0 Å². The summed E-state index contributed by atoms with van der Waals surface area (Å²) in [6, 6.07) is 9.35. The molecule has 1 heterocycles. The maximum atomic E-state index is 3.51. The first-order valence-corrected chi connectivity index (χ1v) is 6.61. The number of hydrogen-bond donors (Lipinski definition) is 2. The van der Waals surface area contributed by atoms with Gasteiger partial charge in [-0.15, -0.1) is 0 Å². The summed E-state index contributed by atoms with van der Waals surface area (Å²) in [5.41, 5.74) is 3.79. The first-order chi connectivity index (χ1) is 8.22. The molecule has 0 bridgehead atoms. The first kappa shape index (κ1) is 12.0. The SMILES string of the molecule is CCCc1cc2cc(NC(C)CC)ccc2[nH]1. The van der Waals surface area contributed by atoms with Crippen LogP contribution in [-0.2, 0) is 6.42 Å². The molecule has 2 rings (SSSR count). The van der Waals surface area contributed by atoms with E-state index in [0.717, 1.165) is 12.8 Å². The third-order valence-electron chi connectivity index (χ3n) is 3.22. The Labute approximate surface area is 103 Å². The molecule has 1 aromatic heterocycles. The van der Waals surface area contributed by atoms with Gasteiger partial charge in [0, 0.05) is 28.3 Å². The second-order valence-corrected chi connectivity index (χ2v) is 4.80. The molecule has 0 saturated carbocycles. The molecule has 0 radical (unpaired) electrons. The topological polar surface area (TPSA) is 27.8 Å². The van der Waals surface area contributed by atoms with E-state index in [1.165, 1.54) is 28.7 Å². The monoisotopic (exact) mass is 230 g/mol. The Morgan fingerprint density at radius 2 is 2.06 bits per heavy atom. The summed E-state index contributed by atoms with van der Waals surface area (Å²) in [7, 11) is 0. The number of aromatic nitrogens is 1. The molecule has 0 spiro atoms. The molecule has 2 heteroatoms. The van der Waals surface area contributed by atoms with E-state index >= 15 is 0 Å². The van der Waals surface area contributed by atoms with Gasteiger partial charge >= 0.3 is 0 Å². The summed E-state index contributed by atoms with van der Waals surface area (Å²) in [5, 5.41) is 4.82. The summed E-state index contributed by atoms with van der Waals surface area (Å²) in [4.78, 5) is 3.46. The van der Waals surface area contributed by atoms with Crippen molar-refractivity contribution in [2.24, 2.45) is 0 Å². The third-order valence-corrected chi connectivity index (χ3v) is 3.22. The lowest BCUT2D eigenvalue weighted by atomic mass is 10.2. The number of rotatable bonds is 5. The Balaban J connectivity index is 2.23. The van der Waals surface area contributed by atoms with Crippen molar-refractivity contribution in [2.45, 2.75) is 46.1 Å². The fourth-order valence-corrected chi connectivity index (χ4v) is 2.07. The smallest absolute Gasteiger partial charge is 0.0457 e. The van der Waals surface area contributed by atoms with Crippen LogP contribution in [0, 0.1) is 0 Å². The summed E-state index contributed by atoms with van der Waals surface area (Å²) in [6.45, 7) is 6.62. The molecule has 0 amide bonds. The van der Waals surface area contributed by atoms with Crippen molar-refractivity contribution >= 4 is 16.6 Å². The van der Waals surface area contributed by atoms with Crippen molar-refractivity contribution in [3.8, 4) is 0 Å². The first-order valence-electron chi connectivity index (χ1n) is 6.61. The number of nitrogens with one attached hydrogen (secondary N) is 2. The fraction of sp³-hybridized carbons (Fsp3) is 0.467. The molecule has 1 aromatic carbocycles. The minimum Gasteiger partial charge on any atom is -0.383 e. The average Bonchev–Trinajstić information content (AvgIpc) is 2.71. The van der Waals surface area contributed by atoms with E-state index < -0.39 is 0 Å². The minimum atomic E-state index is 0.529. The number of aryl methyl sites for hydroxylation is 1. The van der Waals surface area contributed by atoms with Crippen molar-refractivity contribution in [2.75, 3.05) is 5.32 Å². The van der Waals surface area contributed by atoms with Gasteiger partial charge in [0.25, 0.3) is 0 Å². The van der Waals surface area contributed by atoms with Crippen molar-refractivity contribution < 1.29 is 0 Å². The average molecular weight is 230 g/mol. The van der Waals surface area contributed by atoms with Gasteiger partial charge < -0.3 is 10.3 Å². The maximum Gasteiger partial charge on any atom is 0.0457 e. The Morgan fingerprint density at radius 1 is 1.24 bits per heavy atom. The summed E-state index contributed by atoms with van der Waals surface area (Å²) >= 11 is 0. The van der Waals surface area contributed by atoms with Crippen LogP contribution < -0.4 is 5.32 Å². The highest BCUT2D eigenvalue weighted by Gasteiger charge is 2.03. The lowest BCUT2D eigenvalue weighted by molar-refractivity contribution is 0.764. The van der Waals surface area contributed by atoms with Crippen LogP contribution in [0.15, 0.2) is 24.3 Å². The highest BCUT2D eigenvalue weighted by molar-refractivity contribution is 5.84. The Kier molecular flexibility index (Phi) is 3.72. The largest absolute Gasteiger partial charge is 0.383 e. The van der Waals surface area contributed by atoms with Gasteiger partial charge in [0.15, 0.2) is 0 Å². The Bertz CT molecular complexity index is 485. The standard InChI is InChI=1S/C15H22N2/c1-4-6-13-9-12-10-14(16-11(3)5-2)7-8-15(12)17-13/h7-11,16-17H,4-6H2,1-3H3. The van der Waals surface area contributed by atoms with Crippen LogP contribution in [0.5, 0.6) is 0 Å². The van der Waals surface area contributed by atoms with Gasteiger partial charge in [-0.05, 0) is 44.0 Å². The highest BCUT2D eigenvalue weighted by Crippen LogP contribution is 2.21. The van der Waals surface area contributed by atoms with Gasteiger partial charge in [-0.25, -0.2) is 0 Å². The van der Waals surface area contributed by atoms with Crippen LogP contribution in [0.2, 0.25) is 0 Å². The van der Waals surface area contributed by atoms with Gasteiger partial charge in [0.2, 0.25) is 0 Å². The molecule has 1 unspecified atom stereocenters. The lowest BCUT2D eigenvalue weighted by Gasteiger charge is -2.12. The molecule has 92 valence electrons. The fourth-order valence-electron chi connectivity index (χ4n) is 2.07. The molecule has 2 nitrogen and oxygen atoms in total. The van der Waals surface area contributed by atoms with Crippen molar-refractivity contribution in [1.82, 2.24) is 4.98 Å². The molecular formula is C15H22N2. The quantitative estimate of drug-likeness (QED) is 0.786. The van der Waals surface area contributed by atoms with Crippen LogP contribution in [0.25, 0.3) is 10.9 Å². The van der Waals surface area contributed by atoms with Crippen LogP contribution in [0.3, 0.4) is 0 Å². The number of benzene rings is 1. The summed E-state index contributed by atoms with van der Waals surface area (Å²) in [6.07, 6.45) is 3.46. The second-order valence-electron chi connectivity index (χ2n) is 4.80. The van der Waals surface area contributed by atoms with E-state index in [-0.39, 0.29) is 0 Å². The van der Waals surface area contributed by atoms with Gasteiger partial charge in [-0.1, -0.05) is 20.3 Å². The van der Waals surface area contributed by atoms with Gasteiger partial charge in [-0.3, -0.25) is 0 Å². The predicted octanol–water partition coefficient (Wildman–Crippen LogP) is 4.33. The molecule has 0 aliphatic heterocycles. The van der Waals surface area contributed by atoms with Crippen molar-refractivity contribution in [3.63, 3.8) is 0 Å². The second kappa shape index (κ2) is 5.26. The zero-order valence-electron chi connectivity index (χ0n) is 11.0. The molecule has 0 aliphatic carbocycles. The normalized spacial score (nSPS) is 12.9. The summed E-state index contributed by atoms with van der Waals surface area (Å²) in [5.74, 6) is 0. The number of fused-ring (bicyclic) bond motifs is 1. The van der Waals surface area contributed by atoms with Crippen molar-refractivity contribution in [3.05, 3.63) is 30.0 Å². The molecule has 2 aromatic rings. The van der Waals surface area contributed by atoms with E-state index in [0.29, 0.717) is 6.04 Å². The molecule has 17 heavy (non-hydrogen) atoms. The van der Waals surface area contributed by atoms with E-state index in [1.807, 2.05) is 0 Å². The third kappa shape index (κ3) is 2.82. The molecule has 0 saturated heterocycles. The Hall–Kier alpha value is -1.44. The minimum absolute atomic E-state index is 0.529. The maximum absolute atomic E-state index is 3.51. The van der Waals surface area contributed by atoms with Gasteiger partial charge in [0.1, 0.15) is 0 Å². The van der Waals surface area contributed by atoms with Crippen LogP contribution in [-0.4, -0.2) is 11.0 Å². The van der Waals surface area contributed by atoms with E-state index in [4.69, 9.17) is 0 Å². The predicted molar refractivity (Wildman–Crippen MR) is 75.7 cm³/mol. The van der Waals surface area contributed by atoms with Crippen LogP contribution >= 0.6 is 0 Å². The van der Waals surface area contributed by atoms with E-state index in [1.54, 1.807) is 0 Å². The van der Waals surface area contributed by atoms with Crippen LogP contribution in [0.1, 0.15) is 39.3 Å². The molecular weight excluding hydrogens is 208 g/mol. The molecule has 0 aliphatic rings. The lowest BCUT2D eigenvalue weighted by Crippen LogP contribution is -2.12. The highest BCUT2D eigenvalue weighted by atomic mass is 14.9. The van der Waals surface area contributed by atoms with Gasteiger partial charge in [-0.2, -0.15) is 0 Å². The van der Waals surface area contributed by atoms with E-state index in [2.05, 4.69) is 55.3 Å². The summed E-state index contributed by atoms with van der Waals surface area (Å²) < 4.78 is 0. The molecule has 1 atom stereocenters. The van der Waals surface area contributed by atoms with Crippen LogP contribution in [0.4, 0.5) is 5.69 Å². The molecule has 0 fully saturated rings. The van der Waals surface area contributed by atoms with Gasteiger partial charge in [0.05, 0.1) is 0 Å². The number of hydrogen-bond acceptors (Lipinski definition) is 1. The number of H-pyrrole nitrogens is 1. The van der Waals surface area contributed by atoms with E-state index in [9.17, 15) is 0 Å². The zero-order chi connectivity index (χ0) is 12.3. The zero-order valence-corrected chi connectivity index (χ0v) is 11.0. The number of anilines is 1. The Morgan fingerprint density at radius 3 is 2.76 bits per heavy atom. The molecule has 2 N–H and O–H groups in total.